The first-order valence-electron chi connectivity index (χ1n) is 8.99. The molecule has 1 saturated heterocycles. The molecule has 2 aromatic heterocycles. The van der Waals surface area contributed by atoms with Gasteiger partial charge in [-0.3, -0.25) is 4.98 Å². The van der Waals surface area contributed by atoms with Gasteiger partial charge in [0.2, 0.25) is 0 Å². The predicted octanol–water partition coefficient (Wildman–Crippen LogP) is 2.37. The summed E-state index contributed by atoms with van der Waals surface area (Å²) in [6.07, 6.45) is 6.32. The van der Waals surface area contributed by atoms with Gasteiger partial charge in [-0.1, -0.05) is 6.07 Å². The van der Waals surface area contributed by atoms with E-state index in [1.807, 2.05) is 30.0 Å². The molecule has 3 heterocycles. The third kappa shape index (κ3) is 3.34. The minimum atomic E-state index is -0.0499. The lowest BCUT2D eigenvalue weighted by Gasteiger charge is -2.38. The van der Waals surface area contributed by atoms with Crippen LogP contribution in [0.4, 0.5) is 4.79 Å². The number of fused-ring (bicyclic) bond motifs is 1. The summed E-state index contributed by atoms with van der Waals surface area (Å²) in [6, 6.07) is 5.86. The van der Waals surface area contributed by atoms with E-state index in [0.29, 0.717) is 31.4 Å². The van der Waals surface area contributed by atoms with E-state index in [1.54, 1.807) is 6.20 Å². The van der Waals surface area contributed by atoms with Crippen molar-refractivity contribution < 1.29 is 4.79 Å². The molecule has 2 amide bonds. The van der Waals surface area contributed by atoms with Gasteiger partial charge < -0.3 is 10.2 Å². The molecule has 4 rings (SSSR count). The van der Waals surface area contributed by atoms with Gasteiger partial charge in [-0.2, -0.15) is 0 Å². The molecule has 6 nitrogen and oxygen atoms in total. The molecule has 1 fully saturated rings. The van der Waals surface area contributed by atoms with Crippen LogP contribution >= 0.6 is 0 Å². The molecule has 0 aromatic carbocycles. The Morgan fingerprint density at radius 3 is 2.88 bits per heavy atom. The molecule has 2 aromatic rings. The molecule has 1 aliphatic heterocycles. The highest BCUT2D eigenvalue weighted by Crippen LogP contribution is 2.25. The lowest BCUT2D eigenvalue weighted by molar-refractivity contribution is 0.149. The van der Waals surface area contributed by atoms with E-state index in [-0.39, 0.29) is 6.03 Å². The monoisotopic (exact) mass is 337 g/mol. The fraction of sp³-hybridized carbons (Fsp3) is 0.474. The Labute approximate surface area is 147 Å². The number of aromatic nitrogens is 3. The maximum Gasteiger partial charge on any atom is 0.317 e. The summed E-state index contributed by atoms with van der Waals surface area (Å²) in [7, 11) is 0. The summed E-state index contributed by atoms with van der Waals surface area (Å²) in [5.41, 5.74) is 4.60. The third-order valence-electron chi connectivity index (χ3n) is 5.11. The van der Waals surface area contributed by atoms with Crippen LogP contribution in [0.15, 0.2) is 24.4 Å². The molecule has 2 aliphatic rings. The maximum absolute atomic E-state index is 12.3. The number of rotatable bonds is 3. The highest BCUT2D eigenvalue weighted by molar-refractivity contribution is 5.75. The number of pyridine rings is 1. The number of hydrogen-bond acceptors (Lipinski definition) is 4. The van der Waals surface area contributed by atoms with E-state index in [9.17, 15) is 4.79 Å². The minimum Gasteiger partial charge on any atom is -0.331 e. The normalized spacial score (nSPS) is 16.9. The number of nitrogens with zero attached hydrogens (tertiary/aromatic N) is 4. The number of nitrogens with one attached hydrogen (secondary N) is 1. The number of hydrogen-bond donors (Lipinski definition) is 1. The van der Waals surface area contributed by atoms with Gasteiger partial charge in [-0.05, 0) is 50.3 Å². The van der Waals surface area contributed by atoms with Gasteiger partial charge in [-0.15, -0.1) is 0 Å². The minimum absolute atomic E-state index is 0.0499. The van der Waals surface area contributed by atoms with Crippen LogP contribution in [0.3, 0.4) is 0 Å². The summed E-state index contributed by atoms with van der Waals surface area (Å²) in [5, 5.41) is 2.95. The van der Waals surface area contributed by atoms with Gasteiger partial charge in [0.15, 0.2) is 0 Å². The quantitative estimate of drug-likeness (QED) is 0.933. The molecular weight excluding hydrogens is 314 g/mol. The number of urea groups is 1. The largest absolute Gasteiger partial charge is 0.331 e. The number of carbonyl (C=O) groups is 1. The summed E-state index contributed by atoms with van der Waals surface area (Å²) in [5.74, 6) is 1.06. The summed E-state index contributed by atoms with van der Waals surface area (Å²) < 4.78 is 0. The van der Waals surface area contributed by atoms with Crippen LogP contribution in [0.1, 0.15) is 47.2 Å². The van der Waals surface area contributed by atoms with E-state index in [2.05, 4.69) is 20.3 Å². The van der Waals surface area contributed by atoms with Gasteiger partial charge in [-0.25, -0.2) is 14.8 Å². The fourth-order valence-electron chi connectivity index (χ4n) is 3.64. The average molecular weight is 337 g/mol. The molecule has 0 unspecified atom stereocenters. The summed E-state index contributed by atoms with van der Waals surface area (Å²) in [6.45, 7) is 3.86. The first-order valence-corrected chi connectivity index (χ1v) is 8.99. The molecular formula is C19H23N5O. The van der Waals surface area contributed by atoms with Gasteiger partial charge in [0.25, 0.3) is 0 Å². The molecule has 6 heteroatoms. The molecule has 0 atom stereocenters. The Kier molecular flexibility index (Phi) is 4.34. The van der Waals surface area contributed by atoms with Crippen molar-refractivity contribution in [3.05, 3.63) is 52.9 Å². The Morgan fingerprint density at radius 2 is 2.08 bits per heavy atom. The van der Waals surface area contributed by atoms with Gasteiger partial charge in [0.05, 0.1) is 6.54 Å². The van der Waals surface area contributed by atoms with Crippen LogP contribution in [-0.4, -0.2) is 39.0 Å². The molecule has 1 N–H and O–H groups in total. The van der Waals surface area contributed by atoms with Crippen LogP contribution in [0.25, 0.3) is 0 Å². The van der Waals surface area contributed by atoms with Crippen LogP contribution < -0.4 is 5.32 Å². The molecule has 0 spiro atoms. The Morgan fingerprint density at radius 1 is 1.24 bits per heavy atom. The van der Waals surface area contributed by atoms with Crippen LogP contribution in [-0.2, 0) is 19.4 Å². The number of amides is 2. The third-order valence-corrected chi connectivity index (χ3v) is 5.11. The topological polar surface area (TPSA) is 71.0 Å². The average Bonchev–Trinajstić information content (AvgIpc) is 2.60. The lowest BCUT2D eigenvalue weighted by Crippen LogP contribution is -2.52. The Balaban J connectivity index is 1.32. The number of carbonyl (C=O) groups excluding carboxylic acids is 1. The number of likely N-dealkylation sites (tertiary alicyclic amines) is 1. The predicted molar refractivity (Wildman–Crippen MR) is 94.2 cm³/mol. The molecule has 130 valence electrons. The van der Waals surface area contributed by atoms with Crippen molar-refractivity contribution in [2.24, 2.45) is 0 Å². The van der Waals surface area contributed by atoms with E-state index in [0.717, 1.165) is 24.2 Å². The van der Waals surface area contributed by atoms with E-state index < -0.39 is 0 Å². The van der Waals surface area contributed by atoms with Crippen LogP contribution in [0, 0.1) is 6.92 Å². The van der Waals surface area contributed by atoms with Crippen LogP contribution in [0.5, 0.6) is 0 Å². The van der Waals surface area contributed by atoms with E-state index in [4.69, 9.17) is 0 Å². The smallest absolute Gasteiger partial charge is 0.317 e. The molecule has 0 saturated carbocycles. The van der Waals surface area contributed by atoms with Crippen molar-refractivity contribution >= 4 is 6.03 Å². The summed E-state index contributed by atoms with van der Waals surface area (Å²) in [4.78, 5) is 27.7. The second-order valence-corrected chi connectivity index (χ2v) is 6.87. The van der Waals surface area contributed by atoms with Crippen molar-refractivity contribution in [2.45, 2.75) is 45.1 Å². The Hall–Kier alpha value is -2.50. The van der Waals surface area contributed by atoms with Crippen molar-refractivity contribution in [2.75, 3.05) is 13.1 Å². The zero-order valence-electron chi connectivity index (χ0n) is 14.5. The zero-order chi connectivity index (χ0) is 17.2. The van der Waals surface area contributed by atoms with E-state index >= 15 is 0 Å². The lowest BCUT2D eigenvalue weighted by atomic mass is 9.95. The fourth-order valence-corrected chi connectivity index (χ4v) is 3.64. The van der Waals surface area contributed by atoms with Gasteiger partial charge in [0.1, 0.15) is 5.82 Å². The zero-order valence-corrected chi connectivity index (χ0v) is 14.5. The van der Waals surface area contributed by atoms with E-state index in [1.165, 1.54) is 24.1 Å². The van der Waals surface area contributed by atoms with Crippen molar-refractivity contribution in [3.63, 3.8) is 0 Å². The molecule has 1 aliphatic carbocycles. The maximum atomic E-state index is 12.3. The summed E-state index contributed by atoms with van der Waals surface area (Å²) >= 11 is 0. The van der Waals surface area contributed by atoms with Gasteiger partial charge in [0, 0.05) is 42.3 Å². The second-order valence-electron chi connectivity index (χ2n) is 6.87. The molecule has 0 bridgehead atoms. The highest BCUT2D eigenvalue weighted by Gasteiger charge is 2.32. The van der Waals surface area contributed by atoms with Crippen molar-refractivity contribution in [3.8, 4) is 0 Å². The SMILES string of the molecule is Cc1nc(CNC(=O)N2CC(c3ccccn3)C2)nc2c1CCCC2. The standard InChI is InChI=1S/C19H23N5O/c1-13-15-6-2-3-8-17(15)23-18(22-13)10-21-19(25)24-11-14(12-24)16-7-4-5-9-20-16/h4-5,7,9,14H,2-3,6,8,10-12H2,1H3,(H,21,25). The molecule has 0 radical (unpaired) electrons. The highest BCUT2D eigenvalue weighted by atomic mass is 16.2. The Bertz CT molecular complexity index is 771. The molecule has 25 heavy (non-hydrogen) atoms. The van der Waals surface area contributed by atoms with Crippen molar-refractivity contribution in [1.82, 2.24) is 25.2 Å². The first-order chi connectivity index (χ1) is 12.2. The number of aryl methyl sites for hydroxylation is 2. The second kappa shape index (κ2) is 6.78. The van der Waals surface area contributed by atoms with Gasteiger partial charge >= 0.3 is 6.03 Å². The first kappa shape index (κ1) is 16.0. The van der Waals surface area contributed by atoms with Crippen LogP contribution in [0.2, 0.25) is 0 Å². The van der Waals surface area contributed by atoms with Crippen molar-refractivity contribution in [1.29, 1.82) is 0 Å².